The number of phenolic OH excluding ortho intramolecular Hbond substituents is 1. The molecule has 0 aliphatic rings. The molecule has 2 rings (SSSR count). The Labute approximate surface area is 134 Å². The van der Waals surface area contributed by atoms with Crippen molar-refractivity contribution in [3.63, 3.8) is 0 Å². The largest absolute Gasteiger partial charge is 0.507 e. The summed E-state index contributed by atoms with van der Waals surface area (Å²) >= 11 is 6.70. The number of carbonyl (C=O) groups excluding carboxylic acids is 1. The molecule has 0 aromatic heterocycles. The Hall–Kier alpha value is -1.33. The maximum atomic E-state index is 12.2. The van der Waals surface area contributed by atoms with E-state index in [-0.39, 0.29) is 11.7 Å². The zero-order chi connectivity index (χ0) is 14.9. The SMILES string of the molecule is Cc1ccc(NC(=O)c2cc(Br)cc(Br)c2)c(C)c1O. The lowest BCUT2D eigenvalue weighted by molar-refractivity contribution is 0.102. The Morgan fingerprint density at radius 3 is 2.30 bits per heavy atom. The van der Waals surface area contributed by atoms with E-state index in [4.69, 9.17) is 0 Å². The van der Waals surface area contributed by atoms with Gasteiger partial charge in [0.05, 0.1) is 0 Å². The van der Waals surface area contributed by atoms with Gasteiger partial charge in [-0.25, -0.2) is 0 Å². The molecule has 0 unspecified atom stereocenters. The van der Waals surface area contributed by atoms with Crippen molar-refractivity contribution in [1.82, 2.24) is 0 Å². The van der Waals surface area contributed by atoms with Crippen LogP contribution in [-0.4, -0.2) is 11.0 Å². The summed E-state index contributed by atoms with van der Waals surface area (Å²) in [5, 5.41) is 12.7. The van der Waals surface area contributed by atoms with E-state index in [9.17, 15) is 9.90 Å². The van der Waals surface area contributed by atoms with Gasteiger partial charge in [-0.1, -0.05) is 37.9 Å². The van der Waals surface area contributed by atoms with E-state index in [0.29, 0.717) is 16.8 Å². The first-order chi connectivity index (χ1) is 9.38. The summed E-state index contributed by atoms with van der Waals surface area (Å²) in [6.45, 7) is 3.59. The summed E-state index contributed by atoms with van der Waals surface area (Å²) in [6.07, 6.45) is 0. The Morgan fingerprint density at radius 1 is 1.10 bits per heavy atom. The molecule has 0 heterocycles. The molecule has 0 bridgehead atoms. The van der Waals surface area contributed by atoms with E-state index in [1.54, 1.807) is 31.2 Å². The monoisotopic (exact) mass is 397 g/mol. The third-order valence-electron chi connectivity index (χ3n) is 3.01. The van der Waals surface area contributed by atoms with Crippen molar-refractivity contribution in [3.05, 3.63) is 56.0 Å². The normalized spacial score (nSPS) is 10.4. The fourth-order valence-corrected chi connectivity index (χ4v) is 3.14. The number of carbonyl (C=O) groups is 1. The Kier molecular flexibility index (Phi) is 4.50. The van der Waals surface area contributed by atoms with Crippen LogP contribution in [0, 0.1) is 13.8 Å². The number of halogens is 2. The molecule has 2 N–H and O–H groups in total. The van der Waals surface area contributed by atoms with Gasteiger partial charge in [-0.05, 0) is 43.7 Å². The van der Waals surface area contributed by atoms with Crippen LogP contribution in [0.5, 0.6) is 5.75 Å². The topological polar surface area (TPSA) is 49.3 Å². The number of benzene rings is 2. The lowest BCUT2D eigenvalue weighted by Crippen LogP contribution is -2.13. The quantitative estimate of drug-likeness (QED) is 0.764. The summed E-state index contributed by atoms with van der Waals surface area (Å²) in [5.41, 5.74) is 2.58. The summed E-state index contributed by atoms with van der Waals surface area (Å²) in [5.74, 6) is -0.0171. The van der Waals surface area contributed by atoms with Crippen molar-refractivity contribution >= 4 is 43.5 Å². The van der Waals surface area contributed by atoms with Crippen molar-refractivity contribution in [2.75, 3.05) is 5.32 Å². The fraction of sp³-hybridized carbons (Fsp3) is 0.133. The highest BCUT2D eigenvalue weighted by Crippen LogP contribution is 2.28. The molecule has 2 aromatic rings. The zero-order valence-electron chi connectivity index (χ0n) is 11.0. The Balaban J connectivity index is 2.30. The van der Waals surface area contributed by atoms with Crippen molar-refractivity contribution in [1.29, 1.82) is 0 Å². The van der Waals surface area contributed by atoms with Gasteiger partial charge in [0.15, 0.2) is 0 Å². The molecular weight excluding hydrogens is 386 g/mol. The lowest BCUT2D eigenvalue weighted by Gasteiger charge is -2.11. The van der Waals surface area contributed by atoms with E-state index < -0.39 is 0 Å². The van der Waals surface area contributed by atoms with Gasteiger partial charge in [-0.15, -0.1) is 0 Å². The molecule has 104 valence electrons. The molecule has 20 heavy (non-hydrogen) atoms. The molecule has 0 aliphatic carbocycles. The second-order valence-corrected chi connectivity index (χ2v) is 6.35. The zero-order valence-corrected chi connectivity index (χ0v) is 14.2. The average Bonchev–Trinajstić information content (AvgIpc) is 2.38. The fourth-order valence-electron chi connectivity index (χ4n) is 1.85. The maximum absolute atomic E-state index is 12.2. The molecule has 0 aliphatic heterocycles. The molecule has 0 saturated carbocycles. The van der Waals surface area contributed by atoms with Gasteiger partial charge in [-0.2, -0.15) is 0 Å². The average molecular weight is 399 g/mol. The summed E-state index contributed by atoms with van der Waals surface area (Å²) in [6, 6.07) is 8.90. The van der Waals surface area contributed by atoms with Gasteiger partial charge in [0.25, 0.3) is 5.91 Å². The second-order valence-electron chi connectivity index (χ2n) is 4.52. The number of hydrogen-bond donors (Lipinski definition) is 2. The second kappa shape index (κ2) is 5.97. The van der Waals surface area contributed by atoms with E-state index in [1.807, 2.05) is 13.0 Å². The molecule has 1 amide bonds. The summed E-state index contributed by atoms with van der Waals surface area (Å²) in [4.78, 5) is 12.2. The van der Waals surface area contributed by atoms with Crippen LogP contribution < -0.4 is 5.32 Å². The maximum Gasteiger partial charge on any atom is 0.255 e. The highest BCUT2D eigenvalue weighted by Gasteiger charge is 2.12. The minimum atomic E-state index is -0.224. The molecule has 3 nitrogen and oxygen atoms in total. The van der Waals surface area contributed by atoms with Crippen LogP contribution in [0.4, 0.5) is 5.69 Å². The molecule has 0 atom stereocenters. The molecule has 0 radical (unpaired) electrons. The van der Waals surface area contributed by atoms with Gasteiger partial charge in [0, 0.05) is 25.8 Å². The van der Waals surface area contributed by atoms with Crippen LogP contribution in [0.3, 0.4) is 0 Å². The van der Waals surface area contributed by atoms with Crippen LogP contribution in [0.2, 0.25) is 0 Å². The summed E-state index contributed by atoms with van der Waals surface area (Å²) in [7, 11) is 0. The number of anilines is 1. The van der Waals surface area contributed by atoms with Crippen LogP contribution >= 0.6 is 31.9 Å². The smallest absolute Gasteiger partial charge is 0.255 e. The molecule has 0 fully saturated rings. The minimum absolute atomic E-state index is 0.207. The number of amides is 1. The van der Waals surface area contributed by atoms with Crippen molar-refractivity contribution in [3.8, 4) is 5.75 Å². The molecule has 0 saturated heterocycles. The van der Waals surface area contributed by atoms with Crippen LogP contribution in [-0.2, 0) is 0 Å². The number of phenols is 1. The van der Waals surface area contributed by atoms with Crippen LogP contribution in [0.25, 0.3) is 0 Å². The standard InChI is InChI=1S/C15H13Br2NO2/c1-8-3-4-13(9(2)14(8)19)18-15(20)10-5-11(16)7-12(17)6-10/h3-7,19H,1-2H3,(H,18,20). The molecule has 2 aromatic carbocycles. The predicted molar refractivity (Wildman–Crippen MR) is 87.4 cm³/mol. The first-order valence-electron chi connectivity index (χ1n) is 5.95. The Morgan fingerprint density at radius 2 is 1.70 bits per heavy atom. The number of aryl methyl sites for hydroxylation is 1. The van der Waals surface area contributed by atoms with Crippen LogP contribution in [0.1, 0.15) is 21.5 Å². The van der Waals surface area contributed by atoms with E-state index >= 15 is 0 Å². The van der Waals surface area contributed by atoms with E-state index in [2.05, 4.69) is 37.2 Å². The van der Waals surface area contributed by atoms with E-state index in [1.165, 1.54) is 0 Å². The van der Waals surface area contributed by atoms with Gasteiger partial charge in [0.2, 0.25) is 0 Å². The number of rotatable bonds is 2. The number of hydrogen-bond acceptors (Lipinski definition) is 2. The number of aromatic hydroxyl groups is 1. The van der Waals surface area contributed by atoms with Crippen LogP contribution in [0.15, 0.2) is 39.3 Å². The van der Waals surface area contributed by atoms with Gasteiger partial charge >= 0.3 is 0 Å². The number of nitrogens with one attached hydrogen (secondary N) is 1. The first kappa shape index (κ1) is 15.1. The predicted octanol–water partition coefficient (Wildman–Crippen LogP) is 4.79. The van der Waals surface area contributed by atoms with Crippen molar-refractivity contribution < 1.29 is 9.90 Å². The molecular formula is C15H13Br2NO2. The summed E-state index contributed by atoms with van der Waals surface area (Å²) < 4.78 is 1.64. The highest BCUT2D eigenvalue weighted by atomic mass is 79.9. The molecule has 5 heteroatoms. The Bertz CT molecular complexity index is 664. The van der Waals surface area contributed by atoms with E-state index in [0.717, 1.165) is 14.5 Å². The van der Waals surface area contributed by atoms with Crippen molar-refractivity contribution in [2.45, 2.75) is 13.8 Å². The molecule has 0 spiro atoms. The first-order valence-corrected chi connectivity index (χ1v) is 7.53. The van der Waals surface area contributed by atoms with Gasteiger partial charge in [-0.3, -0.25) is 4.79 Å². The third kappa shape index (κ3) is 3.22. The van der Waals surface area contributed by atoms with Crippen molar-refractivity contribution in [2.24, 2.45) is 0 Å². The van der Waals surface area contributed by atoms with Gasteiger partial charge in [0.1, 0.15) is 5.75 Å². The highest BCUT2D eigenvalue weighted by molar-refractivity contribution is 9.11. The minimum Gasteiger partial charge on any atom is -0.507 e. The van der Waals surface area contributed by atoms with Gasteiger partial charge < -0.3 is 10.4 Å². The third-order valence-corrected chi connectivity index (χ3v) is 3.92. The lowest BCUT2D eigenvalue weighted by atomic mass is 10.1.